The summed E-state index contributed by atoms with van der Waals surface area (Å²) in [7, 11) is 3.09. The lowest BCUT2D eigenvalue weighted by Crippen LogP contribution is -2.41. The lowest BCUT2D eigenvalue weighted by molar-refractivity contribution is -0.136. The van der Waals surface area contributed by atoms with Crippen molar-refractivity contribution >= 4 is 23.2 Å². The van der Waals surface area contributed by atoms with Crippen LogP contribution in [0.15, 0.2) is 24.5 Å². The number of pyridine rings is 1. The zero-order chi connectivity index (χ0) is 21.5. The number of ether oxygens (including phenoxy) is 3. The topological polar surface area (TPSA) is 129 Å². The van der Waals surface area contributed by atoms with E-state index in [9.17, 15) is 4.79 Å². The summed E-state index contributed by atoms with van der Waals surface area (Å²) in [5, 5.41) is 7.65. The van der Waals surface area contributed by atoms with Gasteiger partial charge >= 0.3 is 0 Å². The smallest absolute Gasteiger partial charge is 0.260 e. The van der Waals surface area contributed by atoms with Gasteiger partial charge in [-0.15, -0.1) is 0 Å². The van der Waals surface area contributed by atoms with Crippen LogP contribution in [0.5, 0.6) is 11.6 Å². The van der Waals surface area contributed by atoms with Gasteiger partial charge in [-0.1, -0.05) is 0 Å². The molecule has 2 atom stereocenters. The second-order valence-corrected chi connectivity index (χ2v) is 7.49. The van der Waals surface area contributed by atoms with Gasteiger partial charge in [-0.25, -0.2) is 9.50 Å². The van der Waals surface area contributed by atoms with E-state index in [1.807, 2.05) is 6.07 Å². The van der Waals surface area contributed by atoms with Gasteiger partial charge in [-0.05, 0) is 17.7 Å². The van der Waals surface area contributed by atoms with Crippen molar-refractivity contribution in [3.8, 4) is 22.8 Å². The summed E-state index contributed by atoms with van der Waals surface area (Å²) >= 11 is 0. The molecule has 31 heavy (non-hydrogen) atoms. The SMILES string of the molecule is COc1cn2ncc3c2nc1OC[C@@H]1C[C@@H](OC)C(=O)N1CCNc1cc-3cc(N)n1. The number of nitrogen functional groups attached to an aromatic ring is 1. The minimum Gasteiger partial charge on any atom is -0.490 e. The van der Waals surface area contributed by atoms with Crippen molar-refractivity contribution in [3.63, 3.8) is 0 Å². The maximum atomic E-state index is 12.8. The molecule has 0 radical (unpaired) electrons. The van der Waals surface area contributed by atoms with E-state index in [1.165, 1.54) is 0 Å². The summed E-state index contributed by atoms with van der Waals surface area (Å²) in [6.45, 7) is 1.25. The van der Waals surface area contributed by atoms with E-state index in [0.717, 1.165) is 11.1 Å². The average Bonchev–Trinajstić information content (AvgIpc) is 3.31. The van der Waals surface area contributed by atoms with Crippen LogP contribution in [0.4, 0.5) is 11.6 Å². The molecule has 11 heteroatoms. The van der Waals surface area contributed by atoms with Crippen molar-refractivity contribution < 1.29 is 19.0 Å². The lowest BCUT2D eigenvalue weighted by Gasteiger charge is -2.25. The highest BCUT2D eigenvalue weighted by molar-refractivity contribution is 5.84. The van der Waals surface area contributed by atoms with E-state index in [0.29, 0.717) is 48.4 Å². The van der Waals surface area contributed by atoms with E-state index in [1.54, 1.807) is 42.1 Å². The standard InChI is InChI=1S/C20H23N7O4/c1-29-14-7-12-10-31-19-15(30-2)9-27-18(25-19)13(8-23-27)11-5-16(21)24-17(6-11)22-3-4-26(12)20(14)28/h5-6,8-9,12,14H,3-4,7,10H2,1-2H3,(H3,21,22,24)/t12-,14+/m0/s1. The molecule has 11 nitrogen and oxygen atoms in total. The van der Waals surface area contributed by atoms with Gasteiger partial charge in [0.05, 0.1) is 25.5 Å². The van der Waals surface area contributed by atoms with Gasteiger partial charge < -0.3 is 30.2 Å². The van der Waals surface area contributed by atoms with Gasteiger partial charge in [-0.3, -0.25) is 4.79 Å². The largest absolute Gasteiger partial charge is 0.490 e. The average molecular weight is 425 g/mol. The van der Waals surface area contributed by atoms with Crippen molar-refractivity contribution in [2.45, 2.75) is 18.6 Å². The number of carbonyl (C=O) groups excluding carboxylic acids is 1. The van der Waals surface area contributed by atoms with Crippen LogP contribution in [-0.4, -0.2) is 76.5 Å². The number of aromatic nitrogens is 4. The molecule has 1 saturated heterocycles. The third-order valence-electron chi connectivity index (χ3n) is 5.64. The molecule has 0 unspecified atom stereocenters. The molecule has 2 aliphatic rings. The third-order valence-corrected chi connectivity index (χ3v) is 5.64. The summed E-state index contributed by atoms with van der Waals surface area (Å²) in [4.78, 5) is 23.6. The molecule has 5 rings (SSSR count). The van der Waals surface area contributed by atoms with E-state index in [4.69, 9.17) is 19.9 Å². The van der Waals surface area contributed by atoms with Crippen LogP contribution < -0.4 is 20.5 Å². The molecular formula is C20H23N7O4. The minimum atomic E-state index is -0.486. The molecule has 3 aromatic rings. The molecule has 0 spiro atoms. The number of fused-ring (bicyclic) bond motifs is 5. The molecule has 0 aliphatic carbocycles. The summed E-state index contributed by atoms with van der Waals surface area (Å²) in [5.41, 5.74) is 8.25. The van der Waals surface area contributed by atoms with Crippen LogP contribution in [0, 0.1) is 0 Å². The van der Waals surface area contributed by atoms with Gasteiger partial charge in [0.1, 0.15) is 24.3 Å². The first-order valence-corrected chi connectivity index (χ1v) is 9.97. The molecule has 3 N–H and O–H groups in total. The molecule has 5 heterocycles. The van der Waals surface area contributed by atoms with E-state index < -0.39 is 6.10 Å². The van der Waals surface area contributed by atoms with Crippen molar-refractivity contribution in [2.75, 3.05) is 45.0 Å². The Hall–Kier alpha value is -3.60. The number of methoxy groups -OCH3 is 2. The molecule has 1 amide bonds. The van der Waals surface area contributed by atoms with Gasteiger partial charge in [0.25, 0.3) is 11.8 Å². The first kappa shape index (κ1) is 19.4. The van der Waals surface area contributed by atoms with Gasteiger partial charge in [0, 0.05) is 32.2 Å². The van der Waals surface area contributed by atoms with E-state index >= 15 is 0 Å². The highest BCUT2D eigenvalue weighted by Crippen LogP contribution is 2.32. The molecule has 1 fully saturated rings. The van der Waals surface area contributed by atoms with Crippen LogP contribution in [0.3, 0.4) is 0 Å². The van der Waals surface area contributed by atoms with Crippen LogP contribution in [-0.2, 0) is 9.53 Å². The quantitative estimate of drug-likeness (QED) is 0.612. The highest BCUT2D eigenvalue weighted by Gasteiger charge is 2.40. The summed E-state index contributed by atoms with van der Waals surface area (Å²) < 4.78 is 18.5. The zero-order valence-electron chi connectivity index (χ0n) is 17.2. The maximum Gasteiger partial charge on any atom is 0.260 e. The third kappa shape index (κ3) is 3.36. The Balaban J connectivity index is 1.62. The number of hydrogen-bond donors (Lipinski definition) is 2. The first-order chi connectivity index (χ1) is 15.1. The lowest BCUT2D eigenvalue weighted by atomic mass is 10.1. The van der Waals surface area contributed by atoms with Crippen molar-refractivity contribution in [2.24, 2.45) is 0 Å². The molecule has 0 aromatic carbocycles. The normalized spacial score (nSPS) is 20.8. The van der Waals surface area contributed by atoms with Gasteiger partial charge in [0.2, 0.25) is 0 Å². The number of nitrogens with zero attached hydrogens (tertiary/aromatic N) is 5. The fourth-order valence-corrected chi connectivity index (χ4v) is 4.09. The Bertz CT molecular complexity index is 1150. The van der Waals surface area contributed by atoms with Crippen LogP contribution in [0.1, 0.15) is 6.42 Å². The van der Waals surface area contributed by atoms with E-state index in [2.05, 4.69) is 20.4 Å². The first-order valence-electron chi connectivity index (χ1n) is 9.97. The Morgan fingerprint density at radius 1 is 1.29 bits per heavy atom. The van der Waals surface area contributed by atoms with Gasteiger partial charge in [0.15, 0.2) is 11.4 Å². The van der Waals surface area contributed by atoms with Crippen molar-refractivity contribution in [1.29, 1.82) is 0 Å². The van der Waals surface area contributed by atoms with Crippen molar-refractivity contribution in [3.05, 3.63) is 24.5 Å². The minimum absolute atomic E-state index is 0.0559. The Morgan fingerprint density at radius 2 is 2.16 bits per heavy atom. The number of rotatable bonds is 2. The fourth-order valence-electron chi connectivity index (χ4n) is 4.09. The number of amides is 1. The number of nitrogens with two attached hydrogens (primary N) is 1. The fraction of sp³-hybridized carbons (Fsp3) is 0.400. The molecule has 4 bridgehead atoms. The number of anilines is 2. The molecule has 2 aliphatic heterocycles. The molecular weight excluding hydrogens is 402 g/mol. The maximum absolute atomic E-state index is 12.8. The predicted molar refractivity (Wildman–Crippen MR) is 112 cm³/mol. The number of carbonyl (C=O) groups is 1. The monoisotopic (exact) mass is 425 g/mol. The van der Waals surface area contributed by atoms with Crippen molar-refractivity contribution in [1.82, 2.24) is 24.5 Å². The van der Waals surface area contributed by atoms with E-state index in [-0.39, 0.29) is 18.6 Å². The molecule has 3 aromatic heterocycles. The zero-order valence-corrected chi connectivity index (χ0v) is 17.2. The second-order valence-electron chi connectivity index (χ2n) is 7.49. The van der Waals surface area contributed by atoms with Crippen LogP contribution >= 0.6 is 0 Å². The second kappa shape index (κ2) is 7.58. The number of nitrogens with one attached hydrogen (secondary N) is 1. The highest BCUT2D eigenvalue weighted by atomic mass is 16.5. The van der Waals surface area contributed by atoms with Crippen LogP contribution in [0.25, 0.3) is 16.8 Å². The summed E-state index contributed by atoms with van der Waals surface area (Å²) in [6, 6.07) is 3.50. The predicted octanol–water partition coefficient (Wildman–Crippen LogP) is 0.802. The molecule has 162 valence electrons. The molecule has 0 saturated carbocycles. The number of hydrogen-bond acceptors (Lipinski definition) is 9. The summed E-state index contributed by atoms with van der Waals surface area (Å²) in [6.07, 6.45) is 3.49. The Morgan fingerprint density at radius 3 is 2.97 bits per heavy atom. The van der Waals surface area contributed by atoms with Crippen LogP contribution in [0.2, 0.25) is 0 Å². The summed E-state index contributed by atoms with van der Waals surface area (Å²) in [5.74, 6) is 1.71. The van der Waals surface area contributed by atoms with Gasteiger partial charge in [-0.2, -0.15) is 10.1 Å². The Kier molecular flexibility index (Phi) is 4.74. The Labute approximate surface area is 178 Å².